The van der Waals surface area contributed by atoms with Crippen LogP contribution in [-0.2, 0) is 0 Å². The highest BCUT2D eigenvalue weighted by molar-refractivity contribution is 5.95. The van der Waals surface area contributed by atoms with Gasteiger partial charge >= 0.3 is 0 Å². The van der Waals surface area contributed by atoms with Gasteiger partial charge in [0.2, 0.25) is 0 Å². The molecule has 1 aliphatic heterocycles. The number of hydrogen-bond donors (Lipinski definition) is 2. The summed E-state index contributed by atoms with van der Waals surface area (Å²) in [5.74, 6) is 2.69. The summed E-state index contributed by atoms with van der Waals surface area (Å²) in [6.45, 7) is 2.29. The molecule has 5 aliphatic carbocycles. The van der Waals surface area contributed by atoms with Crippen molar-refractivity contribution in [2.45, 2.75) is 81.4 Å². The third-order valence-electron chi connectivity index (χ3n) is 7.77. The minimum absolute atomic E-state index is 0.0156. The molecule has 5 saturated carbocycles. The van der Waals surface area contributed by atoms with E-state index in [1.807, 2.05) is 0 Å². The number of aliphatic imine (C=N–C) groups is 1. The number of nitrogens with one attached hydrogen (secondary N) is 1. The van der Waals surface area contributed by atoms with E-state index in [2.05, 4.69) is 16.4 Å². The quantitative estimate of drug-likeness (QED) is 0.358. The van der Waals surface area contributed by atoms with E-state index in [9.17, 15) is 10.4 Å². The first-order valence-corrected chi connectivity index (χ1v) is 10.3. The zero-order chi connectivity index (χ0) is 17.1. The van der Waals surface area contributed by atoms with Crippen molar-refractivity contribution in [2.24, 2.45) is 22.7 Å². The van der Waals surface area contributed by atoms with Crippen molar-refractivity contribution in [3.63, 3.8) is 0 Å². The fourth-order valence-corrected chi connectivity index (χ4v) is 6.78. The van der Waals surface area contributed by atoms with Crippen molar-refractivity contribution >= 4 is 5.84 Å². The molecular formula is C20H30N4O. The average molecular weight is 342 g/mol. The molecule has 0 aromatic heterocycles. The summed E-state index contributed by atoms with van der Waals surface area (Å²) in [6, 6.07) is 0.315. The van der Waals surface area contributed by atoms with Gasteiger partial charge in [0.1, 0.15) is 5.84 Å². The molecule has 2 N–H and O–H groups in total. The smallest absolute Gasteiger partial charge is 0.182 e. The molecule has 0 radical (unpaired) electrons. The summed E-state index contributed by atoms with van der Waals surface area (Å²) in [5, 5.41) is 23.2. The minimum Gasteiger partial charge on any atom is -0.390 e. The van der Waals surface area contributed by atoms with Crippen molar-refractivity contribution in [2.75, 3.05) is 13.1 Å². The van der Waals surface area contributed by atoms with Crippen LogP contribution in [0.15, 0.2) is 4.99 Å². The molecule has 1 saturated heterocycles. The van der Waals surface area contributed by atoms with Gasteiger partial charge in [0, 0.05) is 0 Å². The molecule has 0 aromatic carbocycles. The molecule has 6 aliphatic rings. The molecule has 5 nitrogen and oxygen atoms in total. The molecule has 6 rings (SSSR count). The maximum Gasteiger partial charge on any atom is 0.182 e. The highest BCUT2D eigenvalue weighted by Gasteiger charge is 2.57. The topological polar surface area (TPSA) is 71.6 Å². The summed E-state index contributed by atoms with van der Waals surface area (Å²) in [7, 11) is 0. The van der Waals surface area contributed by atoms with Crippen LogP contribution in [0.25, 0.3) is 0 Å². The molecule has 0 amide bonds. The normalized spacial score (nSPS) is 45.2. The van der Waals surface area contributed by atoms with Gasteiger partial charge in [-0.1, -0.05) is 6.42 Å². The maximum atomic E-state index is 10.8. The predicted molar refractivity (Wildman–Crippen MR) is 95.9 cm³/mol. The Balaban J connectivity index is 1.42. The van der Waals surface area contributed by atoms with Crippen LogP contribution < -0.4 is 5.32 Å². The van der Waals surface area contributed by atoms with Crippen LogP contribution in [0.5, 0.6) is 0 Å². The van der Waals surface area contributed by atoms with Crippen molar-refractivity contribution in [1.82, 2.24) is 10.2 Å². The SMILES string of the molecule is N#CNC(=NC1C2CC3CC1CC(O)(C3)C2)C1(N2CCCCC2)CC1. The van der Waals surface area contributed by atoms with Gasteiger partial charge in [-0.05, 0) is 88.6 Å². The molecule has 0 aromatic rings. The van der Waals surface area contributed by atoms with E-state index in [0.717, 1.165) is 51.0 Å². The third kappa shape index (κ3) is 2.61. The lowest BCUT2D eigenvalue weighted by Gasteiger charge is -2.57. The van der Waals surface area contributed by atoms with Gasteiger partial charge < -0.3 is 5.11 Å². The number of aliphatic hydroxyl groups is 1. The van der Waals surface area contributed by atoms with Gasteiger partial charge in [0.05, 0.1) is 17.2 Å². The minimum atomic E-state index is -0.407. The Hall–Kier alpha value is -1.12. The fourth-order valence-electron chi connectivity index (χ4n) is 6.78. The number of nitriles is 1. The Labute approximate surface area is 150 Å². The summed E-state index contributed by atoms with van der Waals surface area (Å²) in [4.78, 5) is 7.82. The second kappa shape index (κ2) is 5.69. The molecule has 6 fully saturated rings. The van der Waals surface area contributed by atoms with E-state index >= 15 is 0 Å². The highest BCUT2D eigenvalue weighted by Crippen LogP contribution is 2.57. The zero-order valence-electron chi connectivity index (χ0n) is 15.1. The number of piperidine rings is 1. The van der Waals surface area contributed by atoms with Gasteiger partial charge in [-0.15, -0.1) is 0 Å². The lowest BCUT2D eigenvalue weighted by atomic mass is 9.52. The summed E-state index contributed by atoms with van der Waals surface area (Å²) in [5.41, 5.74) is -0.392. The van der Waals surface area contributed by atoms with E-state index in [1.165, 1.54) is 32.1 Å². The van der Waals surface area contributed by atoms with Gasteiger partial charge in [-0.3, -0.25) is 15.2 Å². The van der Waals surface area contributed by atoms with Crippen LogP contribution in [0.2, 0.25) is 0 Å². The largest absolute Gasteiger partial charge is 0.390 e. The second-order valence-corrected chi connectivity index (χ2v) is 9.48. The van der Waals surface area contributed by atoms with E-state index in [4.69, 9.17) is 4.99 Å². The maximum absolute atomic E-state index is 10.8. The Morgan fingerprint density at radius 2 is 1.76 bits per heavy atom. The van der Waals surface area contributed by atoms with E-state index in [-0.39, 0.29) is 5.54 Å². The molecular weight excluding hydrogens is 312 g/mol. The third-order valence-corrected chi connectivity index (χ3v) is 7.77. The second-order valence-electron chi connectivity index (χ2n) is 9.48. The molecule has 2 atom stereocenters. The molecule has 4 bridgehead atoms. The lowest BCUT2D eigenvalue weighted by Crippen LogP contribution is -2.57. The number of nitrogens with zero attached hydrogens (tertiary/aromatic N) is 3. The van der Waals surface area contributed by atoms with E-state index < -0.39 is 5.60 Å². The molecule has 2 unspecified atom stereocenters. The Bertz CT molecular complexity index is 598. The van der Waals surface area contributed by atoms with E-state index in [0.29, 0.717) is 23.8 Å². The lowest BCUT2D eigenvalue weighted by molar-refractivity contribution is -0.132. The molecule has 1 heterocycles. The molecule has 25 heavy (non-hydrogen) atoms. The Morgan fingerprint density at radius 1 is 1.08 bits per heavy atom. The first kappa shape index (κ1) is 16.1. The standard InChI is InChI=1S/C20H30N4O/c21-13-22-18(20(4-5-20)24-6-2-1-3-7-24)23-17-15-8-14-9-16(17)12-19(25,10-14)11-15/h14-17,25H,1-12H2,(H,22,23). The molecule has 136 valence electrons. The summed E-state index contributed by atoms with van der Waals surface area (Å²) < 4.78 is 0. The van der Waals surface area contributed by atoms with E-state index in [1.54, 1.807) is 0 Å². The predicted octanol–water partition coefficient (Wildman–Crippen LogP) is 2.41. The van der Waals surface area contributed by atoms with Gasteiger partial charge in [0.15, 0.2) is 6.19 Å². The number of rotatable bonds is 3. The highest BCUT2D eigenvalue weighted by atomic mass is 16.3. The van der Waals surface area contributed by atoms with Gasteiger partial charge in [-0.2, -0.15) is 5.26 Å². The van der Waals surface area contributed by atoms with Crippen LogP contribution in [0.4, 0.5) is 0 Å². The number of hydrogen-bond acceptors (Lipinski definition) is 4. The number of likely N-dealkylation sites (tertiary alicyclic amines) is 1. The van der Waals surface area contributed by atoms with Crippen LogP contribution >= 0.6 is 0 Å². The number of amidine groups is 1. The van der Waals surface area contributed by atoms with Crippen molar-refractivity contribution in [1.29, 1.82) is 5.26 Å². The first-order chi connectivity index (χ1) is 12.1. The van der Waals surface area contributed by atoms with Crippen molar-refractivity contribution in [3.05, 3.63) is 0 Å². The fraction of sp³-hybridized carbons (Fsp3) is 0.900. The van der Waals surface area contributed by atoms with Crippen LogP contribution in [0.3, 0.4) is 0 Å². The zero-order valence-corrected chi connectivity index (χ0v) is 15.1. The van der Waals surface area contributed by atoms with Gasteiger partial charge in [0.25, 0.3) is 0 Å². The average Bonchev–Trinajstić information content (AvgIpc) is 3.38. The van der Waals surface area contributed by atoms with Gasteiger partial charge in [-0.25, -0.2) is 0 Å². The van der Waals surface area contributed by atoms with Crippen LogP contribution in [-0.4, -0.2) is 46.1 Å². The van der Waals surface area contributed by atoms with Crippen molar-refractivity contribution in [3.8, 4) is 6.19 Å². The van der Waals surface area contributed by atoms with Crippen LogP contribution in [0, 0.1) is 29.2 Å². The Morgan fingerprint density at radius 3 is 2.32 bits per heavy atom. The molecule has 0 spiro atoms. The Kier molecular flexibility index (Phi) is 3.66. The molecule has 5 heteroatoms. The monoisotopic (exact) mass is 342 g/mol. The summed E-state index contributed by atoms with van der Waals surface area (Å²) >= 11 is 0. The van der Waals surface area contributed by atoms with Crippen LogP contribution in [0.1, 0.15) is 64.2 Å². The van der Waals surface area contributed by atoms with Crippen molar-refractivity contribution < 1.29 is 5.11 Å². The summed E-state index contributed by atoms with van der Waals surface area (Å²) in [6.07, 6.45) is 13.6. The first-order valence-electron chi connectivity index (χ1n) is 10.3.